The Balaban J connectivity index is 2.44. The fraction of sp³-hybridized carbons (Fsp3) is 0.538. The maximum absolute atomic E-state index is 4.51. The molecule has 2 aromatic rings. The summed E-state index contributed by atoms with van der Waals surface area (Å²) in [5.41, 5.74) is 0. The summed E-state index contributed by atoms with van der Waals surface area (Å²) in [5.74, 6) is 3.24. The maximum Gasteiger partial charge on any atom is 0.175 e. The van der Waals surface area contributed by atoms with Crippen LogP contribution in [-0.4, -0.2) is 31.3 Å². The summed E-state index contributed by atoms with van der Waals surface area (Å²) < 4.78 is 2.61. The monoisotopic (exact) mass is 338 g/mol. The molecule has 0 aromatic carbocycles. The zero-order valence-corrected chi connectivity index (χ0v) is 13.6. The summed E-state index contributed by atoms with van der Waals surface area (Å²) >= 11 is 3.57. The first-order valence-corrected chi connectivity index (χ1v) is 7.70. The molecule has 0 unspecified atom stereocenters. The molecule has 2 heterocycles. The van der Waals surface area contributed by atoms with Crippen LogP contribution in [0.4, 0.5) is 5.82 Å². The lowest BCUT2D eigenvalue weighted by Gasteiger charge is -2.10. The van der Waals surface area contributed by atoms with Crippen molar-refractivity contribution < 1.29 is 0 Å². The number of aromatic nitrogens is 5. The van der Waals surface area contributed by atoms with E-state index in [1.165, 1.54) is 0 Å². The van der Waals surface area contributed by atoms with Gasteiger partial charge in [-0.05, 0) is 22.4 Å². The van der Waals surface area contributed by atoms with E-state index in [4.69, 9.17) is 0 Å². The van der Waals surface area contributed by atoms with Crippen molar-refractivity contribution in [2.45, 2.75) is 40.0 Å². The lowest BCUT2D eigenvalue weighted by Crippen LogP contribution is -2.09. The summed E-state index contributed by atoms with van der Waals surface area (Å²) in [5, 5.41) is 7.78. The van der Waals surface area contributed by atoms with E-state index in [9.17, 15) is 0 Å². The molecular weight excluding hydrogens is 320 g/mol. The van der Waals surface area contributed by atoms with Crippen LogP contribution < -0.4 is 5.32 Å². The van der Waals surface area contributed by atoms with Crippen molar-refractivity contribution >= 4 is 21.7 Å². The molecule has 0 amide bonds. The highest BCUT2D eigenvalue weighted by molar-refractivity contribution is 9.10. The van der Waals surface area contributed by atoms with E-state index >= 15 is 0 Å². The molecule has 0 atom stereocenters. The first-order valence-electron chi connectivity index (χ1n) is 6.90. The molecule has 6 nitrogen and oxygen atoms in total. The molecule has 0 aliphatic carbocycles. The quantitative estimate of drug-likeness (QED) is 0.876. The van der Waals surface area contributed by atoms with Gasteiger partial charge >= 0.3 is 0 Å². The molecule has 0 aliphatic heterocycles. The highest BCUT2D eigenvalue weighted by atomic mass is 79.9. The predicted molar refractivity (Wildman–Crippen MR) is 82.2 cm³/mol. The number of hydrogen-bond acceptors (Lipinski definition) is 5. The molecule has 0 spiro atoms. The van der Waals surface area contributed by atoms with E-state index in [0.29, 0.717) is 0 Å². The third kappa shape index (κ3) is 2.98. The van der Waals surface area contributed by atoms with Crippen LogP contribution in [0, 0.1) is 0 Å². The van der Waals surface area contributed by atoms with Gasteiger partial charge < -0.3 is 5.32 Å². The topological polar surface area (TPSA) is 68.5 Å². The summed E-state index contributed by atoms with van der Waals surface area (Å²) in [4.78, 5) is 13.1. The standard InChI is InChI=1S/C13H19BrN6/c1-4-7-15-12-11(14)13(17-8-16-12)20-10(6-3)18-9(5-2)19-20/h8H,4-7H2,1-3H3,(H,15,16,17). The van der Waals surface area contributed by atoms with E-state index in [1.54, 1.807) is 11.0 Å². The summed E-state index contributed by atoms with van der Waals surface area (Å²) in [6, 6.07) is 0. The number of halogens is 1. The van der Waals surface area contributed by atoms with Crippen LogP contribution in [0.25, 0.3) is 5.82 Å². The molecule has 2 rings (SSSR count). The molecule has 0 radical (unpaired) electrons. The fourth-order valence-corrected chi connectivity index (χ4v) is 2.33. The Morgan fingerprint density at radius 1 is 1.20 bits per heavy atom. The van der Waals surface area contributed by atoms with Crippen molar-refractivity contribution in [1.82, 2.24) is 24.7 Å². The van der Waals surface area contributed by atoms with Gasteiger partial charge in [0, 0.05) is 19.4 Å². The van der Waals surface area contributed by atoms with Crippen LogP contribution in [-0.2, 0) is 12.8 Å². The van der Waals surface area contributed by atoms with Crippen LogP contribution >= 0.6 is 15.9 Å². The lowest BCUT2D eigenvalue weighted by atomic mass is 10.4. The van der Waals surface area contributed by atoms with Crippen LogP contribution in [0.15, 0.2) is 10.8 Å². The van der Waals surface area contributed by atoms with Gasteiger partial charge in [0.25, 0.3) is 0 Å². The third-order valence-corrected chi connectivity index (χ3v) is 3.59. The first-order chi connectivity index (χ1) is 9.71. The van der Waals surface area contributed by atoms with Crippen molar-refractivity contribution in [1.29, 1.82) is 0 Å². The SMILES string of the molecule is CCCNc1ncnc(-n2nc(CC)nc2CC)c1Br. The van der Waals surface area contributed by atoms with Gasteiger partial charge in [-0.3, -0.25) is 0 Å². The van der Waals surface area contributed by atoms with Crippen LogP contribution in [0.5, 0.6) is 0 Å². The molecular formula is C13H19BrN6. The van der Waals surface area contributed by atoms with Gasteiger partial charge in [-0.1, -0.05) is 20.8 Å². The molecule has 0 aliphatic rings. The van der Waals surface area contributed by atoms with Gasteiger partial charge in [0.05, 0.1) is 0 Å². The highest BCUT2D eigenvalue weighted by Gasteiger charge is 2.15. The molecule has 0 saturated heterocycles. The Hall–Kier alpha value is -1.50. The smallest absolute Gasteiger partial charge is 0.175 e. The van der Waals surface area contributed by atoms with Gasteiger partial charge in [0.2, 0.25) is 0 Å². The largest absolute Gasteiger partial charge is 0.369 e. The number of rotatable bonds is 6. The minimum absolute atomic E-state index is 0.725. The third-order valence-electron chi connectivity index (χ3n) is 2.86. The Labute approximate surface area is 127 Å². The van der Waals surface area contributed by atoms with Crippen molar-refractivity contribution in [2.24, 2.45) is 0 Å². The summed E-state index contributed by atoms with van der Waals surface area (Å²) in [7, 11) is 0. The lowest BCUT2D eigenvalue weighted by molar-refractivity contribution is 0.761. The zero-order chi connectivity index (χ0) is 14.5. The minimum atomic E-state index is 0.725. The minimum Gasteiger partial charge on any atom is -0.369 e. The molecule has 0 fully saturated rings. The molecule has 2 aromatic heterocycles. The van der Waals surface area contributed by atoms with Crippen molar-refractivity contribution in [3.05, 3.63) is 22.4 Å². The number of nitrogens with one attached hydrogen (secondary N) is 1. The maximum atomic E-state index is 4.51. The zero-order valence-electron chi connectivity index (χ0n) is 12.0. The highest BCUT2D eigenvalue weighted by Crippen LogP contribution is 2.26. The molecule has 0 saturated carbocycles. The molecule has 0 bridgehead atoms. The van der Waals surface area contributed by atoms with Crippen molar-refractivity contribution in [3.8, 4) is 5.82 Å². The van der Waals surface area contributed by atoms with Crippen LogP contribution in [0.2, 0.25) is 0 Å². The Morgan fingerprint density at radius 2 is 2.00 bits per heavy atom. The Kier molecular flexibility index (Phi) is 5.05. The van der Waals surface area contributed by atoms with E-state index in [1.807, 2.05) is 6.92 Å². The molecule has 20 heavy (non-hydrogen) atoms. The van der Waals surface area contributed by atoms with Gasteiger partial charge in [-0.2, -0.15) is 4.68 Å². The second-order valence-electron chi connectivity index (χ2n) is 4.35. The van der Waals surface area contributed by atoms with Gasteiger partial charge in [0.1, 0.15) is 22.4 Å². The average molecular weight is 339 g/mol. The van der Waals surface area contributed by atoms with E-state index < -0.39 is 0 Å². The number of anilines is 1. The second-order valence-corrected chi connectivity index (χ2v) is 5.14. The number of nitrogens with zero attached hydrogens (tertiary/aromatic N) is 5. The predicted octanol–water partition coefficient (Wildman–Crippen LogP) is 2.77. The normalized spacial score (nSPS) is 10.8. The first kappa shape index (κ1) is 14.9. The van der Waals surface area contributed by atoms with E-state index in [-0.39, 0.29) is 0 Å². The van der Waals surface area contributed by atoms with E-state index in [0.717, 1.165) is 53.6 Å². The van der Waals surface area contributed by atoms with E-state index in [2.05, 4.69) is 55.1 Å². The number of hydrogen-bond donors (Lipinski definition) is 1. The summed E-state index contributed by atoms with van der Waals surface area (Å²) in [6.07, 6.45) is 4.20. The van der Waals surface area contributed by atoms with Crippen molar-refractivity contribution in [2.75, 3.05) is 11.9 Å². The molecule has 1 N–H and O–H groups in total. The van der Waals surface area contributed by atoms with Crippen LogP contribution in [0.1, 0.15) is 38.8 Å². The molecule has 7 heteroatoms. The average Bonchev–Trinajstić information content (AvgIpc) is 2.89. The second kappa shape index (κ2) is 6.78. The van der Waals surface area contributed by atoms with Crippen LogP contribution in [0.3, 0.4) is 0 Å². The Bertz CT molecular complexity index is 580. The number of aryl methyl sites for hydroxylation is 2. The van der Waals surface area contributed by atoms with Gasteiger partial charge in [-0.25, -0.2) is 15.0 Å². The van der Waals surface area contributed by atoms with Gasteiger partial charge in [0.15, 0.2) is 11.6 Å². The Morgan fingerprint density at radius 3 is 2.65 bits per heavy atom. The molecule has 108 valence electrons. The summed E-state index contributed by atoms with van der Waals surface area (Å²) in [6.45, 7) is 7.09. The fourth-order valence-electron chi connectivity index (χ4n) is 1.81. The van der Waals surface area contributed by atoms with Gasteiger partial charge in [-0.15, -0.1) is 5.10 Å². The van der Waals surface area contributed by atoms with Crippen molar-refractivity contribution in [3.63, 3.8) is 0 Å².